The molecule has 0 saturated heterocycles. The van der Waals surface area contributed by atoms with E-state index in [2.05, 4.69) is 38.6 Å². The van der Waals surface area contributed by atoms with Gasteiger partial charge in [-0.05, 0) is 33.4 Å². The van der Waals surface area contributed by atoms with Gasteiger partial charge in [-0.15, -0.1) is 0 Å². The van der Waals surface area contributed by atoms with Gasteiger partial charge in [0.1, 0.15) is 5.82 Å². The van der Waals surface area contributed by atoms with Crippen LogP contribution in [-0.4, -0.2) is 61.2 Å². The van der Waals surface area contributed by atoms with E-state index in [1.54, 1.807) is 6.20 Å². The number of methoxy groups -OCH3 is 1. The van der Waals surface area contributed by atoms with E-state index in [1.807, 2.05) is 7.05 Å². The quantitative estimate of drug-likeness (QED) is 0.754. The molecule has 0 aliphatic heterocycles. The van der Waals surface area contributed by atoms with E-state index in [4.69, 9.17) is 0 Å². The highest BCUT2D eigenvalue weighted by atomic mass is 16.5. The minimum Gasteiger partial charge on any atom is -0.464 e. The summed E-state index contributed by atoms with van der Waals surface area (Å²) in [6.45, 7) is 0.874. The summed E-state index contributed by atoms with van der Waals surface area (Å²) in [6.07, 6.45) is 6.74. The highest BCUT2D eigenvalue weighted by molar-refractivity contribution is 5.87. The molecule has 0 amide bonds. The summed E-state index contributed by atoms with van der Waals surface area (Å²) in [5.41, 5.74) is 0.446. The predicted octanol–water partition coefficient (Wildman–Crippen LogP) is 1.18. The Morgan fingerprint density at radius 3 is 2.55 bits per heavy atom. The van der Waals surface area contributed by atoms with Crippen LogP contribution in [0.1, 0.15) is 29.8 Å². The lowest BCUT2D eigenvalue weighted by Crippen LogP contribution is -2.56. The van der Waals surface area contributed by atoms with Crippen molar-refractivity contribution in [3.63, 3.8) is 0 Å². The Hall–Kier alpha value is -1.69. The molecule has 1 aliphatic rings. The number of carbonyl (C=O) groups excluding carboxylic acids is 1. The van der Waals surface area contributed by atoms with E-state index in [0.29, 0.717) is 5.82 Å². The van der Waals surface area contributed by atoms with Crippen LogP contribution in [0.4, 0.5) is 5.82 Å². The number of likely N-dealkylation sites (N-methyl/N-ethyl adjacent to an activating group) is 2. The maximum atomic E-state index is 11.5. The van der Waals surface area contributed by atoms with Crippen molar-refractivity contribution in [2.45, 2.75) is 24.8 Å². The summed E-state index contributed by atoms with van der Waals surface area (Å²) in [4.78, 5) is 24.2. The second-order valence-electron chi connectivity index (χ2n) is 5.58. The molecule has 1 heterocycles. The Labute approximate surface area is 119 Å². The van der Waals surface area contributed by atoms with Crippen molar-refractivity contribution in [1.82, 2.24) is 14.9 Å². The Kier molecular flexibility index (Phi) is 4.23. The van der Waals surface area contributed by atoms with Gasteiger partial charge in [-0.1, -0.05) is 0 Å². The second-order valence-corrected chi connectivity index (χ2v) is 5.58. The number of hydrogen-bond acceptors (Lipinski definition) is 6. The first-order chi connectivity index (χ1) is 9.48. The van der Waals surface area contributed by atoms with E-state index >= 15 is 0 Å². The third-order valence-electron chi connectivity index (χ3n) is 4.17. The molecule has 20 heavy (non-hydrogen) atoms. The average Bonchev–Trinajstić information content (AvgIpc) is 2.41. The van der Waals surface area contributed by atoms with Crippen LogP contribution in [0.2, 0.25) is 0 Å². The first-order valence-electron chi connectivity index (χ1n) is 6.77. The average molecular weight is 278 g/mol. The number of nitrogens with zero attached hydrogens (tertiary/aromatic N) is 4. The molecule has 0 spiro atoms. The van der Waals surface area contributed by atoms with Crippen molar-refractivity contribution >= 4 is 11.8 Å². The smallest absolute Gasteiger partial charge is 0.358 e. The van der Waals surface area contributed by atoms with Crippen LogP contribution in [-0.2, 0) is 4.74 Å². The lowest BCUT2D eigenvalue weighted by atomic mass is 9.75. The van der Waals surface area contributed by atoms with Crippen molar-refractivity contribution in [2.24, 2.45) is 0 Å². The highest BCUT2D eigenvalue weighted by Crippen LogP contribution is 2.37. The van der Waals surface area contributed by atoms with Gasteiger partial charge < -0.3 is 14.5 Å². The summed E-state index contributed by atoms with van der Waals surface area (Å²) in [5.74, 6) is 0.236. The van der Waals surface area contributed by atoms with Gasteiger partial charge in [0.15, 0.2) is 5.69 Å². The maximum Gasteiger partial charge on any atom is 0.358 e. The van der Waals surface area contributed by atoms with E-state index < -0.39 is 5.97 Å². The van der Waals surface area contributed by atoms with Gasteiger partial charge in [-0.25, -0.2) is 9.78 Å². The number of hydrogen-bond donors (Lipinski definition) is 0. The predicted molar refractivity (Wildman–Crippen MR) is 76.9 cm³/mol. The van der Waals surface area contributed by atoms with E-state index in [-0.39, 0.29) is 11.2 Å². The molecule has 0 unspecified atom stereocenters. The fraction of sp³-hybridized carbons (Fsp3) is 0.643. The summed E-state index contributed by atoms with van der Waals surface area (Å²) >= 11 is 0. The first kappa shape index (κ1) is 14.7. The Morgan fingerprint density at radius 1 is 1.35 bits per heavy atom. The molecule has 0 atom stereocenters. The first-order valence-corrected chi connectivity index (χ1v) is 6.77. The number of anilines is 1. The summed E-state index contributed by atoms with van der Waals surface area (Å²) in [6, 6.07) is 0. The highest BCUT2D eigenvalue weighted by Gasteiger charge is 2.40. The molecule has 0 N–H and O–H groups in total. The minimum atomic E-state index is -0.460. The third-order valence-corrected chi connectivity index (χ3v) is 4.17. The maximum absolute atomic E-state index is 11.5. The second kappa shape index (κ2) is 5.75. The van der Waals surface area contributed by atoms with E-state index in [0.717, 1.165) is 6.54 Å². The standard InChI is InChI=1S/C14H22N4O2/c1-17(2)14(6-5-7-14)10-18(3)12-9-15-8-11(16-12)13(19)20-4/h8-9H,5-7,10H2,1-4H3. The number of ether oxygens (including phenoxy) is 1. The number of carbonyl (C=O) groups is 1. The van der Waals surface area contributed by atoms with Gasteiger partial charge in [0.25, 0.3) is 0 Å². The van der Waals surface area contributed by atoms with Gasteiger partial charge in [0.2, 0.25) is 0 Å². The van der Waals surface area contributed by atoms with Crippen LogP contribution in [0, 0.1) is 0 Å². The zero-order valence-electron chi connectivity index (χ0n) is 12.6. The molecule has 2 rings (SSSR count). The van der Waals surface area contributed by atoms with Crippen molar-refractivity contribution in [3.05, 3.63) is 18.1 Å². The van der Waals surface area contributed by atoms with Gasteiger partial charge in [0.05, 0.1) is 19.5 Å². The zero-order valence-corrected chi connectivity index (χ0v) is 12.6. The van der Waals surface area contributed by atoms with E-state index in [9.17, 15) is 4.79 Å². The topological polar surface area (TPSA) is 58.6 Å². The van der Waals surface area contributed by atoms with Crippen LogP contribution in [0.15, 0.2) is 12.4 Å². The Morgan fingerprint density at radius 2 is 2.05 bits per heavy atom. The zero-order chi connectivity index (χ0) is 14.8. The van der Waals surface area contributed by atoms with Crippen molar-refractivity contribution in [3.8, 4) is 0 Å². The molecule has 0 bridgehead atoms. The van der Waals surface area contributed by atoms with Crippen LogP contribution in [0.3, 0.4) is 0 Å². The molecule has 110 valence electrons. The number of aromatic nitrogens is 2. The largest absolute Gasteiger partial charge is 0.464 e. The van der Waals surface area contributed by atoms with Crippen LogP contribution in [0.25, 0.3) is 0 Å². The molecule has 0 aromatic carbocycles. The SMILES string of the molecule is COC(=O)c1cncc(N(C)CC2(N(C)C)CCC2)n1. The van der Waals surface area contributed by atoms with Gasteiger partial charge in [0, 0.05) is 19.1 Å². The molecule has 1 aromatic heterocycles. The Bertz CT molecular complexity index is 486. The normalized spacial score (nSPS) is 16.6. The number of rotatable bonds is 5. The van der Waals surface area contributed by atoms with Crippen LogP contribution >= 0.6 is 0 Å². The molecular weight excluding hydrogens is 256 g/mol. The minimum absolute atomic E-state index is 0.206. The van der Waals surface area contributed by atoms with E-state index in [1.165, 1.54) is 32.6 Å². The molecule has 1 saturated carbocycles. The molecule has 1 aliphatic carbocycles. The van der Waals surface area contributed by atoms with Gasteiger partial charge in [-0.3, -0.25) is 4.98 Å². The van der Waals surface area contributed by atoms with Crippen molar-refractivity contribution < 1.29 is 9.53 Å². The van der Waals surface area contributed by atoms with Gasteiger partial charge in [-0.2, -0.15) is 0 Å². The molecule has 6 heteroatoms. The number of esters is 1. The molecule has 0 radical (unpaired) electrons. The fourth-order valence-corrected chi connectivity index (χ4v) is 2.60. The summed E-state index contributed by atoms with van der Waals surface area (Å²) < 4.78 is 4.67. The molecule has 1 fully saturated rings. The fourth-order valence-electron chi connectivity index (χ4n) is 2.60. The molecular formula is C14H22N4O2. The lowest BCUT2D eigenvalue weighted by Gasteiger charge is -2.49. The lowest BCUT2D eigenvalue weighted by molar-refractivity contribution is 0.0593. The van der Waals surface area contributed by atoms with Crippen LogP contribution in [0.5, 0.6) is 0 Å². The Balaban J connectivity index is 2.13. The van der Waals surface area contributed by atoms with Crippen molar-refractivity contribution in [2.75, 3.05) is 39.7 Å². The van der Waals surface area contributed by atoms with Gasteiger partial charge >= 0.3 is 5.97 Å². The summed E-state index contributed by atoms with van der Waals surface area (Å²) in [7, 11) is 7.55. The molecule has 1 aromatic rings. The third kappa shape index (κ3) is 2.75. The summed E-state index contributed by atoms with van der Waals surface area (Å²) in [5, 5.41) is 0. The molecule has 6 nitrogen and oxygen atoms in total. The van der Waals surface area contributed by atoms with Crippen LogP contribution < -0.4 is 4.90 Å². The van der Waals surface area contributed by atoms with Crippen molar-refractivity contribution in [1.29, 1.82) is 0 Å². The monoisotopic (exact) mass is 278 g/mol.